The lowest BCUT2D eigenvalue weighted by Crippen LogP contribution is -2.56. The summed E-state index contributed by atoms with van der Waals surface area (Å²) in [5.74, 6) is -0.339. The number of benzene rings is 1. The van der Waals surface area contributed by atoms with Gasteiger partial charge in [0.2, 0.25) is 5.91 Å². The monoisotopic (exact) mass is 389 g/mol. The Kier molecular flexibility index (Phi) is 4.85. The highest BCUT2D eigenvalue weighted by Crippen LogP contribution is 2.28. The molecule has 0 saturated carbocycles. The van der Waals surface area contributed by atoms with Gasteiger partial charge in [-0.05, 0) is 31.5 Å². The van der Waals surface area contributed by atoms with Crippen molar-refractivity contribution in [2.24, 2.45) is 0 Å². The third-order valence-corrected chi connectivity index (χ3v) is 5.70. The second-order valence-corrected chi connectivity index (χ2v) is 7.56. The second kappa shape index (κ2) is 7.47. The minimum Gasteiger partial charge on any atom is -0.361 e. The summed E-state index contributed by atoms with van der Waals surface area (Å²) in [7, 11) is 0. The molecule has 148 valence electrons. The van der Waals surface area contributed by atoms with Crippen LogP contribution in [0.15, 0.2) is 42.7 Å². The maximum Gasteiger partial charge on any atom is 0.270 e. The molecule has 1 saturated heterocycles. The number of aromatic amines is 2. The van der Waals surface area contributed by atoms with Crippen molar-refractivity contribution in [3.05, 3.63) is 59.5 Å². The van der Waals surface area contributed by atoms with Gasteiger partial charge in [-0.3, -0.25) is 9.59 Å². The molecule has 1 aliphatic heterocycles. The van der Waals surface area contributed by atoms with Gasteiger partial charge in [0.1, 0.15) is 11.8 Å². The van der Waals surface area contributed by atoms with Crippen LogP contribution < -0.4 is 0 Å². The van der Waals surface area contributed by atoms with Gasteiger partial charge in [-0.1, -0.05) is 18.2 Å². The Bertz CT molecular complexity index is 1110. The summed E-state index contributed by atoms with van der Waals surface area (Å²) in [5.41, 5.74) is 2.85. The van der Waals surface area contributed by atoms with Crippen molar-refractivity contribution in [1.29, 1.82) is 5.26 Å². The zero-order valence-electron chi connectivity index (χ0n) is 16.5. The van der Waals surface area contributed by atoms with E-state index in [1.807, 2.05) is 55.3 Å². The first-order valence-electron chi connectivity index (χ1n) is 9.74. The smallest absolute Gasteiger partial charge is 0.270 e. The molecule has 0 bridgehead atoms. The molecule has 4 rings (SSSR count). The van der Waals surface area contributed by atoms with Crippen LogP contribution in [0.25, 0.3) is 10.9 Å². The van der Waals surface area contributed by atoms with Gasteiger partial charge in [-0.15, -0.1) is 0 Å². The molecule has 3 aromatic rings. The van der Waals surface area contributed by atoms with Gasteiger partial charge >= 0.3 is 0 Å². The number of amides is 2. The van der Waals surface area contributed by atoms with Gasteiger partial charge in [-0.25, -0.2) is 0 Å². The van der Waals surface area contributed by atoms with Crippen molar-refractivity contribution >= 4 is 22.7 Å². The number of nitriles is 1. The maximum atomic E-state index is 13.2. The predicted octanol–water partition coefficient (Wildman–Crippen LogP) is 2.84. The lowest BCUT2D eigenvalue weighted by molar-refractivity contribution is -0.136. The van der Waals surface area contributed by atoms with Gasteiger partial charge in [0, 0.05) is 49.0 Å². The summed E-state index contributed by atoms with van der Waals surface area (Å²) >= 11 is 0. The lowest BCUT2D eigenvalue weighted by Gasteiger charge is -2.40. The largest absolute Gasteiger partial charge is 0.361 e. The summed E-state index contributed by atoms with van der Waals surface area (Å²) in [5, 5.41) is 10.0. The summed E-state index contributed by atoms with van der Waals surface area (Å²) in [6.07, 6.45) is 3.44. The minimum absolute atomic E-state index is 0.0704. The highest BCUT2D eigenvalue weighted by Gasteiger charge is 2.33. The van der Waals surface area contributed by atoms with Crippen LogP contribution in [-0.4, -0.2) is 57.3 Å². The molecule has 2 atom stereocenters. The number of carbonyl (C=O) groups excluding carboxylic acids is 2. The third kappa shape index (κ3) is 3.38. The van der Waals surface area contributed by atoms with E-state index < -0.39 is 0 Å². The summed E-state index contributed by atoms with van der Waals surface area (Å²) in [6.45, 7) is 5.33. The molecular weight excluding hydrogens is 366 g/mol. The number of nitrogens with zero attached hydrogens (tertiary/aromatic N) is 3. The Hall–Kier alpha value is -3.53. The SMILES string of the molecule is CC(C(=O)N1CCN(C(=O)c2cc(C#N)c[nH]2)CC1C)c1c[nH]c2ccccc12. The van der Waals surface area contributed by atoms with Crippen molar-refractivity contribution in [3.8, 4) is 6.07 Å². The van der Waals surface area contributed by atoms with E-state index in [0.717, 1.165) is 16.5 Å². The molecule has 1 aromatic carbocycles. The van der Waals surface area contributed by atoms with Crippen LogP contribution in [0.5, 0.6) is 0 Å². The van der Waals surface area contributed by atoms with E-state index in [0.29, 0.717) is 30.9 Å². The number of piperazine rings is 1. The zero-order valence-corrected chi connectivity index (χ0v) is 16.5. The zero-order chi connectivity index (χ0) is 20.5. The summed E-state index contributed by atoms with van der Waals surface area (Å²) < 4.78 is 0. The van der Waals surface area contributed by atoms with Crippen LogP contribution >= 0.6 is 0 Å². The first kappa shape index (κ1) is 18.8. The van der Waals surface area contributed by atoms with Crippen molar-refractivity contribution in [3.63, 3.8) is 0 Å². The Labute approximate surface area is 168 Å². The number of para-hydroxylation sites is 1. The number of fused-ring (bicyclic) bond motifs is 1. The van der Waals surface area contributed by atoms with Gasteiger partial charge in [0.25, 0.3) is 5.91 Å². The molecule has 2 amide bonds. The molecule has 2 aromatic heterocycles. The number of nitrogens with one attached hydrogen (secondary N) is 2. The van der Waals surface area contributed by atoms with E-state index in [-0.39, 0.29) is 23.8 Å². The van der Waals surface area contributed by atoms with Gasteiger partial charge in [0.05, 0.1) is 11.5 Å². The first-order valence-corrected chi connectivity index (χ1v) is 9.74. The van der Waals surface area contributed by atoms with E-state index >= 15 is 0 Å². The average Bonchev–Trinajstić information content (AvgIpc) is 3.39. The molecule has 2 N–H and O–H groups in total. The van der Waals surface area contributed by atoms with E-state index in [1.54, 1.807) is 11.0 Å². The minimum atomic E-state index is -0.266. The Morgan fingerprint density at radius 2 is 2.00 bits per heavy atom. The van der Waals surface area contributed by atoms with E-state index in [9.17, 15) is 9.59 Å². The van der Waals surface area contributed by atoms with Crippen molar-refractivity contribution in [2.45, 2.75) is 25.8 Å². The number of H-pyrrole nitrogens is 2. The Morgan fingerprint density at radius 3 is 2.72 bits per heavy atom. The number of rotatable bonds is 3. The standard InChI is InChI=1S/C22H23N5O2/c1-14-13-26(22(29)20-9-16(10-23)11-24-20)7-8-27(14)21(28)15(2)18-12-25-19-6-4-3-5-17(18)19/h3-6,9,11-12,14-15,24-25H,7-8,13H2,1-2H3. The Morgan fingerprint density at radius 1 is 1.21 bits per heavy atom. The Balaban J connectivity index is 1.46. The molecule has 3 heterocycles. The van der Waals surface area contributed by atoms with Crippen LogP contribution in [0, 0.1) is 11.3 Å². The summed E-state index contributed by atoms with van der Waals surface area (Å²) in [6, 6.07) is 11.5. The van der Waals surface area contributed by atoms with Crippen LogP contribution in [0.4, 0.5) is 0 Å². The van der Waals surface area contributed by atoms with Crippen LogP contribution in [0.2, 0.25) is 0 Å². The normalized spacial score (nSPS) is 17.9. The molecule has 2 unspecified atom stereocenters. The molecule has 1 fully saturated rings. The fourth-order valence-electron chi connectivity index (χ4n) is 4.06. The number of aromatic nitrogens is 2. The van der Waals surface area contributed by atoms with Gasteiger partial charge in [-0.2, -0.15) is 5.26 Å². The van der Waals surface area contributed by atoms with E-state index in [4.69, 9.17) is 5.26 Å². The van der Waals surface area contributed by atoms with Crippen LogP contribution in [-0.2, 0) is 4.79 Å². The topological polar surface area (TPSA) is 96.0 Å². The molecule has 0 aliphatic carbocycles. The van der Waals surface area contributed by atoms with Gasteiger partial charge < -0.3 is 19.8 Å². The fraction of sp³-hybridized carbons (Fsp3) is 0.318. The maximum absolute atomic E-state index is 13.2. The average molecular weight is 389 g/mol. The fourth-order valence-corrected chi connectivity index (χ4v) is 4.06. The first-order chi connectivity index (χ1) is 14.0. The van der Waals surface area contributed by atoms with Crippen molar-refractivity contribution in [2.75, 3.05) is 19.6 Å². The summed E-state index contributed by atoms with van der Waals surface area (Å²) in [4.78, 5) is 35.6. The lowest BCUT2D eigenvalue weighted by atomic mass is 9.97. The predicted molar refractivity (Wildman–Crippen MR) is 109 cm³/mol. The highest BCUT2D eigenvalue weighted by atomic mass is 16.2. The molecular formula is C22H23N5O2. The molecule has 0 spiro atoms. The highest BCUT2D eigenvalue weighted by molar-refractivity contribution is 5.94. The van der Waals surface area contributed by atoms with Crippen molar-refractivity contribution < 1.29 is 9.59 Å². The third-order valence-electron chi connectivity index (χ3n) is 5.70. The molecule has 29 heavy (non-hydrogen) atoms. The van der Waals surface area contributed by atoms with E-state index in [2.05, 4.69) is 9.97 Å². The van der Waals surface area contributed by atoms with Gasteiger partial charge in [0.15, 0.2) is 0 Å². The second-order valence-electron chi connectivity index (χ2n) is 7.56. The quantitative estimate of drug-likeness (QED) is 0.721. The number of hydrogen-bond acceptors (Lipinski definition) is 3. The molecule has 0 radical (unpaired) electrons. The van der Waals surface area contributed by atoms with E-state index in [1.165, 1.54) is 6.20 Å². The molecule has 1 aliphatic rings. The van der Waals surface area contributed by atoms with Crippen LogP contribution in [0.1, 0.15) is 41.4 Å². The number of carbonyl (C=O) groups is 2. The molecule has 7 heteroatoms. The molecule has 7 nitrogen and oxygen atoms in total. The van der Waals surface area contributed by atoms with Crippen molar-refractivity contribution in [1.82, 2.24) is 19.8 Å². The van der Waals surface area contributed by atoms with Crippen LogP contribution in [0.3, 0.4) is 0 Å². The number of hydrogen-bond donors (Lipinski definition) is 2.